The number of allylic oxidation sites excluding steroid dienone is 2. The van der Waals surface area contributed by atoms with Crippen molar-refractivity contribution in [2.75, 3.05) is 19.0 Å². The van der Waals surface area contributed by atoms with E-state index in [1.54, 1.807) is 6.92 Å². The monoisotopic (exact) mass is 445 g/mol. The molecule has 8 nitrogen and oxygen atoms in total. The van der Waals surface area contributed by atoms with Gasteiger partial charge in [0.2, 0.25) is 0 Å². The first-order valence-electron chi connectivity index (χ1n) is 10.3. The molecule has 1 atom stereocenters. The van der Waals surface area contributed by atoms with Crippen LogP contribution in [0.1, 0.15) is 49.6 Å². The van der Waals surface area contributed by atoms with Crippen LogP contribution in [0.25, 0.3) is 16.1 Å². The number of carbonyl (C=O) groups excluding carboxylic acids is 1. The molecule has 0 fully saturated rings. The van der Waals surface area contributed by atoms with E-state index in [4.69, 9.17) is 16.5 Å². The normalized spacial score (nSPS) is 15.6. The third kappa shape index (κ3) is 3.63. The van der Waals surface area contributed by atoms with Crippen LogP contribution in [-0.4, -0.2) is 45.5 Å². The Morgan fingerprint density at radius 3 is 2.59 bits per heavy atom. The number of anilines is 1. The molecular weight excluding hydrogens is 422 g/mol. The van der Waals surface area contributed by atoms with Crippen LogP contribution in [0.3, 0.4) is 0 Å². The molecule has 0 saturated carbocycles. The average Bonchev–Trinajstić information content (AvgIpc) is 3.42. The van der Waals surface area contributed by atoms with Gasteiger partial charge in [0.25, 0.3) is 11.6 Å². The van der Waals surface area contributed by atoms with Crippen LogP contribution in [0.2, 0.25) is 0 Å². The zero-order valence-electron chi connectivity index (χ0n) is 18.6. The minimum Gasteiger partial charge on any atom is -0.354 e. The van der Waals surface area contributed by atoms with Gasteiger partial charge in [-0.1, -0.05) is 55.5 Å². The largest absolute Gasteiger partial charge is 0.354 e. The third-order valence-electron chi connectivity index (χ3n) is 5.35. The predicted octanol–water partition coefficient (Wildman–Crippen LogP) is 4.95. The summed E-state index contributed by atoms with van der Waals surface area (Å²) < 4.78 is 1.22. The standard InChI is InChI=1S/C23H23N7OS/c1-7-13(2)19-27-20-16(14(3)17(24-4)22(31)30(20)28-19)25-21-18(15-11-9-8-10-12-15)26-23(32-21)29(5)6/h8-13H,7H2,1-3,5-6H3. The minimum absolute atomic E-state index is 0.00969. The SMILES string of the molecule is [C-]#[N+]C1=C(C)C(=Nc2sc(N(C)C)nc2-c2ccccc2)c2nc(C(C)CC)nn2C1=O. The Morgan fingerprint density at radius 2 is 1.97 bits per heavy atom. The Morgan fingerprint density at radius 1 is 1.25 bits per heavy atom. The minimum atomic E-state index is -0.463. The molecule has 0 saturated heterocycles. The number of rotatable bonds is 5. The Hall–Kier alpha value is -3.64. The van der Waals surface area contributed by atoms with Gasteiger partial charge in [-0.2, -0.15) is 4.68 Å². The van der Waals surface area contributed by atoms with Crippen LogP contribution in [0.5, 0.6) is 0 Å². The highest BCUT2D eigenvalue weighted by Crippen LogP contribution is 2.40. The zero-order chi connectivity index (χ0) is 23.0. The molecule has 0 aliphatic carbocycles. The second-order valence-electron chi connectivity index (χ2n) is 7.78. The van der Waals surface area contributed by atoms with Crippen LogP contribution < -0.4 is 4.90 Å². The van der Waals surface area contributed by atoms with Gasteiger partial charge in [0, 0.05) is 25.6 Å². The second-order valence-corrected chi connectivity index (χ2v) is 8.73. The first-order chi connectivity index (χ1) is 15.3. The Kier molecular flexibility index (Phi) is 5.72. The van der Waals surface area contributed by atoms with Gasteiger partial charge in [0.15, 0.2) is 16.8 Å². The molecule has 0 amide bonds. The van der Waals surface area contributed by atoms with Crippen LogP contribution in [0, 0.1) is 6.57 Å². The van der Waals surface area contributed by atoms with Gasteiger partial charge in [0.1, 0.15) is 16.4 Å². The molecule has 0 bridgehead atoms. The van der Waals surface area contributed by atoms with E-state index in [-0.39, 0.29) is 11.6 Å². The molecule has 9 heteroatoms. The number of hydrogen-bond donors (Lipinski definition) is 0. The summed E-state index contributed by atoms with van der Waals surface area (Å²) in [7, 11) is 3.86. The molecule has 0 radical (unpaired) electrons. The van der Waals surface area contributed by atoms with Crippen molar-refractivity contribution in [2.24, 2.45) is 4.99 Å². The molecule has 4 rings (SSSR count). The lowest BCUT2D eigenvalue weighted by Crippen LogP contribution is -2.27. The molecule has 1 unspecified atom stereocenters. The highest BCUT2D eigenvalue weighted by Gasteiger charge is 2.33. The Balaban J connectivity index is 1.96. The molecule has 162 valence electrons. The lowest BCUT2D eigenvalue weighted by atomic mass is 10.1. The van der Waals surface area contributed by atoms with E-state index >= 15 is 0 Å². The molecule has 1 aromatic carbocycles. The van der Waals surface area contributed by atoms with Gasteiger partial charge in [-0.15, -0.1) is 5.10 Å². The topological polar surface area (TPSA) is 80.6 Å². The maximum atomic E-state index is 12.9. The smallest absolute Gasteiger partial charge is 0.279 e. The third-order valence-corrected chi connectivity index (χ3v) is 6.46. The van der Waals surface area contributed by atoms with E-state index in [0.717, 1.165) is 22.8 Å². The lowest BCUT2D eigenvalue weighted by molar-refractivity contribution is 0.0939. The van der Waals surface area contributed by atoms with Crippen molar-refractivity contribution in [2.45, 2.75) is 33.1 Å². The zero-order valence-corrected chi connectivity index (χ0v) is 19.4. The molecule has 1 aliphatic heterocycles. The summed E-state index contributed by atoms with van der Waals surface area (Å²) in [4.78, 5) is 32.6. The lowest BCUT2D eigenvalue weighted by Gasteiger charge is -2.15. The summed E-state index contributed by atoms with van der Waals surface area (Å²) in [6, 6.07) is 9.84. The first-order valence-corrected chi connectivity index (χ1v) is 11.1. The van der Waals surface area contributed by atoms with Crippen LogP contribution in [0.4, 0.5) is 10.1 Å². The Bertz CT molecular complexity index is 1290. The fourth-order valence-corrected chi connectivity index (χ4v) is 4.16. The number of benzene rings is 1. The van der Waals surface area contributed by atoms with Gasteiger partial charge >= 0.3 is 0 Å². The van der Waals surface area contributed by atoms with Crippen molar-refractivity contribution in [3.8, 4) is 11.3 Å². The number of fused-ring (bicyclic) bond motifs is 1. The molecule has 0 N–H and O–H groups in total. The van der Waals surface area contributed by atoms with Crippen molar-refractivity contribution < 1.29 is 4.79 Å². The highest BCUT2D eigenvalue weighted by molar-refractivity contribution is 7.19. The number of thiazole rings is 1. The van der Waals surface area contributed by atoms with E-state index < -0.39 is 5.91 Å². The summed E-state index contributed by atoms with van der Waals surface area (Å²) in [5, 5.41) is 5.92. The quantitative estimate of drug-likeness (QED) is 0.519. The fraction of sp³-hybridized carbons (Fsp3) is 0.304. The van der Waals surface area contributed by atoms with E-state index in [1.165, 1.54) is 16.0 Å². The molecule has 3 heterocycles. The highest BCUT2D eigenvalue weighted by atomic mass is 32.1. The number of hydrogen-bond acceptors (Lipinski definition) is 7. The molecule has 1 aliphatic rings. The van der Waals surface area contributed by atoms with Gasteiger partial charge in [-0.3, -0.25) is 4.79 Å². The predicted molar refractivity (Wildman–Crippen MR) is 127 cm³/mol. The summed E-state index contributed by atoms with van der Waals surface area (Å²) in [6.07, 6.45) is 0.839. The molecule has 32 heavy (non-hydrogen) atoms. The van der Waals surface area contributed by atoms with E-state index in [0.29, 0.717) is 27.9 Å². The number of nitrogens with zero attached hydrogens (tertiary/aromatic N) is 7. The molecule has 2 aromatic heterocycles. The fourth-order valence-electron chi connectivity index (χ4n) is 3.27. The van der Waals surface area contributed by atoms with E-state index in [2.05, 4.69) is 14.9 Å². The maximum Gasteiger partial charge on any atom is 0.279 e. The van der Waals surface area contributed by atoms with Crippen molar-refractivity contribution in [3.05, 3.63) is 64.7 Å². The summed E-state index contributed by atoms with van der Waals surface area (Å²) in [5.74, 6) is 0.565. The van der Waals surface area contributed by atoms with Gasteiger partial charge < -0.3 is 4.90 Å². The van der Waals surface area contributed by atoms with Crippen molar-refractivity contribution in [3.63, 3.8) is 0 Å². The average molecular weight is 446 g/mol. The van der Waals surface area contributed by atoms with Crippen molar-refractivity contribution >= 4 is 33.1 Å². The molecular formula is C23H23N7OS. The molecule has 0 spiro atoms. The van der Waals surface area contributed by atoms with Gasteiger partial charge in [-0.05, 0) is 18.9 Å². The van der Waals surface area contributed by atoms with E-state index in [9.17, 15) is 4.79 Å². The Labute approximate surface area is 190 Å². The van der Waals surface area contributed by atoms with Crippen LogP contribution >= 0.6 is 11.3 Å². The van der Waals surface area contributed by atoms with Crippen LogP contribution in [0.15, 0.2) is 46.6 Å². The summed E-state index contributed by atoms with van der Waals surface area (Å²) >= 11 is 1.44. The molecule has 3 aromatic rings. The second kappa shape index (κ2) is 8.48. The van der Waals surface area contributed by atoms with Crippen molar-refractivity contribution in [1.29, 1.82) is 0 Å². The van der Waals surface area contributed by atoms with Gasteiger partial charge in [-0.25, -0.2) is 19.8 Å². The number of aliphatic imine (C=N–C) groups is 1. The summed E-state index contributed by atoms with van der Waals surface area (Å²) in [6.45, 7) is 13.3. The number of carbonyl (C=O) groups is 1. The van der Waals surface area contributed by atoms with Crippen molar-refractivity contribution in [1.82, 2.24) is 19.7 Å². The maximum absolute atomic E-state index is 12.9. The number of aromatic nitrogens is 4. The summed E-state index contributed by atoms with van der Waals surface area (Å²) in [5.41, 5.74) is 2.67. The van der Waals surface area contributed by atoms with Gasteiger partial charge in [0.05, 0.1) is 6.57 Å². The first kappa shape index (κ1) is 21.6. The van der Waals surface area contributed by atoms with Crippen LogP contribution in [-0.2, 0) is 0 Å². The van der Waals surface area contributed by atoms with E-state index in [1.807, 2.05) is 63.2 Å².